The van der Waals surface area contributed by atoms with Gasteiger partial charge in [-0.15, -0.1) is 0 Å². The smallest absolute Gasteiger partial charge is 0.159 e. The van der Waals surface area contributed by atoms with E-state index in [1.165, 1.54) is 0 Å². The second-order valence-corrected chi connectivity index (χ2v) is 5.97. The second-order valence-electron chi connectivity index (χ2n) is 5.97. The molecule has 24 heavy (non-hydrogen) atoms. The first-order chi connectivity index (χ1) is 11.6. The van der Waals surface area contributed by atoms with Crippen molar-refractivity contribution >= 4 is 12.2 Å². The van der Waals surface area contributed by atoms with E-state index >= 15 is 0 Å². The Balaban J connectivity index is 1.96. The maximum absolute atomic E-state index is 9.96. The van der Waals surface area contributed by atoms with Gasteiger partial charge in [0.15, 0.2) is 5.76 Å². The van der Waals surface area contributed by atoms with Gasteiger partial charge in [-0.1, -0.05) is 44.1 Å². The molecule has 0 aliphatic rings. The SMILES string of the molecule is CCc1cc(C=Cc2ccccc2OCC(O)CNC(C)C)on1. The monoisotopic (exact) mass is 330 g/mol. The molecule has 0 saturated carbocycles. The molecule has 0 bridgehead atoms. The molecule has 1 aromatic heterocycles. The van der Waals surface area contributed by atoms with E-state index in [4.69, 9.17) is 9.26 Å². The summed E-state index contributed by atoms with van der Waals surface area (Å²) < 4.78 is 11.0. The van der Waals surface area contributed by atoms with Crippen molar-refractivity contribution in [2.75, 3.05) is 13.2 Å². The lowest BCUT2D eigenvalue weighted by molar-refractivity contribution is 0.104. The van der Waals surface area contributed by atoms with Gasteiger partial charge in [-0.05, 0) is 24.6 Å². The van der Waals surface area contributed by atoms with Crippen LogP contribution >= 0.6 is 0 Å². The molecular formula is C19H26N2O3. The number of nitrogens with zero attached hydrogens (tertiary/aromatic N) is 1. The fourth-order valence-corrected chi connectivity index (χ4v) is 2.11. The zero-order chi connectivity index (χ0) is 17.4. The van der Waals surface area contributed by atoms with Gasteiger partial charge >= 0.3 is 0 Å². The highest BCUT2D eigenvalue weighted by atomic mass is 16.5. The number of aryl methyl sites for hydroxylation is 1. The molecule has 1 heterocycles. The first-order valence-electron chi connectivity index (χ1n) is 8.35. The molecule has 0 amide bonds. The average Bonchev–Trinajstić information content (AvgIpc) is 3.05. The first-order valence-corrected chi connectivity index (χ1v) is 8.35. The third-order valence-corrected chi connectivity index (χ3v) is 3.48. The molecule has 130 valence electrons. The molecule has 0 fully saturated rings. The number of aromatic nitrogens is 1. The Morgan fingerprint density at radius 1 is 1.29 bits per heavy atom. The highest BCUT2D eigenvalue weighted by Crippen LogP contribution is 2.21. The van der Waals surface area contributed by atoms with Crippen LogP contribution in [0.2, 0.25) is 0 Å². The van der Waals surface area contributed by atoms with Crippen molar-refractivity contribution < 1.29 is 14.4 Å². The molecule has 0 saturated heterocycles. The van der Waals surface area contributed by atoms with Crippen molar-refractivity contribution in [1.82, 2.24) is 10.5 Å². The third-order valence-electron chi connectivity index (χ3n) is 3.48. The molecule has 2 aromatic rings. The van der Waals surface area contributed by atoms with Crippen LogP contribution in [0.4, 0.5) is 0 Å². The molecule has 5 nitrogen and oxygen atoms in total. The maximum Gasteiger partial charge on any atom is 0.159 e. The maximum atomic E-state index is 9.96. The summed E-state index contributed by atoms with van der Waals surface area (Å²) in [6.45, 7) is 6.87. The summed E-state index contributed by atoms with van der Waals surface area (Å²) in [7, 11) is 0. The van der Waals surface area contributed by atoms with Crippen molar-refractivity contribution in [2.45, 2.75) is 39.3 Å². The Hall–Kier alpha value is -2.11. The molecule has 1 atom stereocenters. The lowest BCUT2D eigenvalue weighted by atomic mass is 10.1. The van der Waals surface area contributed by atoms with Crippen molar-refractivity contribution in [3.05, 3.63) is 47.3 Å². The van der Waals surface area contributed by atoms with E-state index in [1.54, 1.807) is 0 Å². The van der Waals surface area contributed by atoms with Gasteiger partial charge in [0.05, 0.1) is 5.69 Å². The molecule has 0 aliphatic heterocycles. The van der Waals surface area contributed by atoms with Gasteiger partial charge < -0.3 is 19.7 Å². The van der Waals surface area contributed by atoms with Crippen molar-refractivity contribution in [3.63, 3.8) is 0 Å². The summed E-state index contributed by atoms with van der Waals surface area (Å²) in [4.78, 5) is 0. The number of ether oxygens (including phenoxy) is 1. The number of aliphatic hydroxyl groups is 1. The molecule has 2 rings (SSSR count). The van der Waals surface area contributed by atoms with Gasteiger partial charge in [0.25, 0.3) is 0 Å². The molecule has 5 heteroatoms. The molecule has 1 aromatic carbocycles. The van der Waals surface area contributed by atoms with Crippen LogP contribution in [0.5, 0.6) is 5.75 Å². The van der Waals surface area contributed by atoms with Crippen molar-refractivity contribution in [1.29, 1.82) is 0 Å². The first kappa shape index (κ1) is 18.2. The molecule has 1 unspecified atom stereocenters. The van der Waals surface area contributed by atoms with Crippen LogP contribution in [0.3, 0.4) is 0 Å². The van der Waals surface area contributed by atoms with Crippen molar-refractivity contribution in [2.24, 2.45) is 0 Å². The van der Waals surface area contributed by atoms with Gasteiger partial charge in [0.2, 0.25) is 0 Å². The summed E-state index contributed by atoms with van der Waals surface area (Å²) in [5.41, 5.74) is 1.86. The zero-order valence-electron chi connectivity index (χ0n) is 14.5. The van der Waals surface area contributed by atoms with Crippen LogP contribution in [-0.4, -0.2) is 35.6 Å². The van der Waals surface area contributed by atoms with Crippen LogP contribution in [-0.2, 0) is 6.42 Å². The van der Waals surface area contributed by atoms with Gasteiger partial charge in [-0.25, -0.2) is 0 Å². The summed E-state index contributed by atoms with van der Waals surface area (Å²) in [6, 6.07) is 9.96. The number of rotatable bonds is 9. The van der Waals surface area contributed by atoms with Crippen LogP contribution in [0.1, 0.15) is 37.8 Å². The van der Waals surface area contributed by atoms with E-state index in [0.29, 0.717) is 18.3 Å². The Morgan fingerprint density at radius 3 is 2.79 bits per heavy atom. The lowest BCUT2D eigenvalue weighted by Gasteiger charge is -2.16. The topological polar surface area (TPSA) is 67.5 Å². The van der Waals surface area contributed by atoms with Crippen molar-refractivity contribution in [3.8, 4) is 5.75 Å². The van der Waals surface area contributed by atoms with E-state index in [2.05, 4.69) is 10.5 Å². The van der Waals surface area contributed by atoms with E-state index < -0.39 is 6.10 Å². The largest absolute Gasteiger partial charge is 0.490 e. The highest BCUT2D eigenvalue weighted by Gasteiger charge is 2.08. The minimum Gasteiger partial charge on any atom is -0.490 e. The molecule has 0 aliphatic carbocycles. The highest BCUT2D eigenvalue weighted by molar-refractivity contribution is 5.70. The second kappa shape index (κ2) is 9.25. The number of benzene rings is 1. The van der Waals surface area contributed by atoms with E-state index in [9.17, 15) is 5.11 Å². The predicted molar refractivity (Wildman–Crippen MR) is 95.9 cm³/mol. The quantitative estimate of drug-likeness (QED) is 0.739. The van der Waals surface area contributed by atoms with E-state index in [1.807, 2.05) is 63.3 Å². The Morgan fingerprint density at radius 2 is 2.08 bits per heavy atom. The van der Waals surface area contributed by atoms with Crippen LogP contribution in [0.25, 0.3) is 12.2 Å². The fraction of sp³-hybridized carbons (Fsp3) is 0.421. The van der Waals surface area contributed by atoms with Gasteiger partial charge in [-0.3, -0.25) is 0 Å². The number of para-hydroxylation sites is 1. The standard InChI is InChI=1S/C19H26N2O3/c1-4-16-11-18(24-21-16)10-9-15-7-5-6-8-19(15)23-13-17(22)12-20-14(2)3/h5-11,14,17,20,22H,4,12-13H2,1-3H3. The number of hydrogen-bond donors (Lipinski definition) is 2. The summed E-state index contributed by atoms with van der Waals surface area (Å²) in [5.74, 6) is 1.44. The molecular weight excluding hydrogens is 304 g/mol. The number of aliphatic hydroxyl groups excluding tert-OH is 1. The van der Waals surface area contributed by atoms with Gasteiger partial charge in [0.1, 0.15) is 18.5 Å². The third kappa shape index (κ3) is 5.83. The lowest BCUT2D eigenvalue weighted by Crippen LogP contribution is -2.35. The number of hydrogen-bond acceptors (Lipinski definition) is 5. The van der Waals surface area contributed by atoms with E-state index in [0.717, 1.165) is 23.4 Å². The van der Waals surface area contributed by atoms with Gasteiger partial charge in [0, 0.05) is 24.2 Å². The van der Waals surface area contributed by atoms with Crippen LogP contribution in [0.15, 0.2) is 34.9 Å². The van der Waals surface area contributed by atoms with E-state index in [-0.39, 0.29) is 6.61 Å². The van der Waals surface area contributed by atoms with Crippen LogP contribution in [0, 0.1) is 0 Å². The molecule has 0 spiro atoms. The zero-order valence-corrected chi connectivity index (χ0v) is 14.5. The minimum atomic E-state index is -0.550. The average molecular weight is 330 g/mol. The fourth-order valence-electron chi connectivity index (χ4n) is 2.11. The Bertz CT molecular complexity index is 650. The molecule has 2 N–H and O–H groups in total. The Labute approximate surface area is 143 Å². The summed E-state index contributed by atoms with van der Waals surface area (Å²) in [5, 5.41) is 17.1. The Kier molecular flexibility index (Phi) is 7.03. The normalized spacial score (nSPS) is 12.9. The predicted octanol–water partition coefficient (Wildman–Crippen LogP) is 3.15. The summed E-state index contributed by atoms with van der Waals surface area (Å²) in [6.07, 6.45) is 4.09. The number of nitrogens with one attached hydrogen (secondary N) is 1. The molecule has 0 radical (unpaired) electrons. The van der Waals surface area contributed by atoms with Gasteiger partial charge in [-0.2, -0.15) is 0 Å². The summed E-state index contributed by atoms with van der Waals surface area (Å²) >= 11 is 0. The van der Waals surface area contributed by atoms with Crippen LogP contribution < -0.4 is 10.1 Å². The minimum absolute atomic E-state index is 0.243.